The van der Waals surface area contributed by atoms with Gasteiger partial charge in [0.2, 0.25) is 18.6 Å². The lowest BCUT2D eigenvalue weighted by Gasteiger charge is -2.35. The number of carbonyl (C=O) groups is 2. The Labute approximate surface area is 176 Å². The molecule has 1 saturated carbocycles. The topological polar surface area (TPSA) is 72.2 Å². The molecule has 0 spiro atoms. The zero-order valence-corrected chi connectivity index (χ0v) is 17.5. The van der Waals surface area contributed by atoms with E-state index in [9.17, 15) is 9.59 Å². The fraction of sp³-hybridized carbons (Fsp3) is 0.478. The summed E-state index contributed by atoms with van der Waals surface area (Å²) < 4.78 is 16.3. The van der Waals surface area contributed by atoms with Crippen LogP contribution >= 0.6 is 0 Å². The van der Waals surface area contributed by atoms with Crippen LogP contribution in [0.4, 0.5) is 0 Å². The lowest BCUT2D eigenvalue weighted by Crippen LogP contribution is -2.48. The number of hydrogen-bond donors (Lipinski definition) is 0. The highest BCUT2D eigenvalue weighted by molar-refractivity contribution is 5.86. The highest BCUT2D eigenvalue weighted by Crippen LogP contribution is 2.33. The third-order valence-electron chi connectivity index (χ3n) is 5.76. The summed E-state index contributed by atoms with van der Waals surface area (Å²) in [6.45, 7) is 4.92. The van der Waals surface area contributed by atoms with E-state index in [1.807, 2.05) is 38.1 Å². The molecule has 2 heterocycles. The average molecular weight is 412 g/mol. The van der Waals surface area contributed by atoms with Crippen LogP contribution in [0.15, 0.2) is 41.0 Å². The Bertz CT molecular complexity index is 889. The summed E-state index contributed by atoms with van der Waals surface area (Å²) in [5.74, 6) is 2.13. The molecule has 2 amide bonds. The van der Waals surface area contributed by atoms with E-state index in [0.29, 0.717) is 30.3 Å². The fourth-order valence-corrected chi connectivity index (χ4v) is 3.73. The predicted octanol–water partition coefficient (Wildman–Crippen LogP) is 3.57. The predicted molar refractivity (Wildman–Crippen MR) is 110 cm³/mol. The van der Waals surface area contributed by atoms with Crippen LogP contribution < -0.4 is 9.47 Å². The van der Waals surface area contributed by atoms with Gasteiger partial charge in [0.15, 0.2) is 11.5 Å². The van der Waals surface area contributed by atoms with Gasteiger partial charge in [0.05, 0.1) is 12.8 Å². The molecule has 1 aromatic carbocycles. The maximum atomic E-state index is 13.3. The SMILES string of the molecule is CC(C)N(CC(=O)N(Cc1ccc2c(c1)OCO2)Cc1ccco1)C(=O)C1CCC1. The maximum Gasteiger partial charge on any atom is 0.242 e. The van der Waals surface area contributed by atoms with Crippen molar-refractivity contribution in [1.82, 2.24) is 9.80 Å². The highest BCUT2D eigenvalue weighted by Gasteiger charge is 2.32. The minimum absolute atomic E-state index is 0.0296. The largest absolute Gasteiger partial charge is 0.467 e. The van der Waals surface area contributed by atoms with Crippen molar-refractivity contribution in [2.24, 2.45) is 5.92 Å². The van der Waals surface area contributed by atoms with Crippen molar-refractivity contribution in [3.8, 4) is 11.5 Å². The average Bonchev–Trinajstić information content (AvgIpc) is 3.34. The summed E-state index contributed by atoms with van der Waals surface area (Å²) in [6.07, 6.45) is 4.53. The van der Waals surface area contributed by atoms with Crippen molar-refractivity contribution in [3.05, 3.63) is 47.9 Å². The monoisotopic (exact) mass is 412 g/mol. The van der Waals surface area contributed by atoms with E-state index in [2.05, 4.69) is 0 Å². The molecule has 1 fully saturated rings. The van der Waals surface area contributed by atoms with E-state index in [0.717, 1.165) is 24.8 Å². The zero-order valence-electron chi connectivity index (χ0n) is 17.5. The Morgan fingerprint density at radius 1 is 1.10 bits per heavy atom. The number of carbonyl (C=O) groups excluding carboxylic acids is 2. The van der Waals surface area contributed by atoms with Gasteiger partial charge in [-0.05, 0) is 56.5 Å². The summed E-state index contributed by atoms with van der Waals surface area (Å²) in [7, 11) is 0. The highest BCUT2D eigenvalue weighted by atomic mass is 16.7. The van der Waals surface area contributed by atoms with Gasteiger partial charge in [-0.25, -0.2) is 0 Å². The molecule has 7 heteroatoms. The van der Waals surface area contributed by atoms with Crippen LogP contribution in [0, 0.1) is 5.92 Å². The third-order valence-corrected chi connectivity index (χ3v) is 5.76. The van der Waals surface area contributed by atoms with Gasteiger partial charge < -0.3 is 23.7 Å². The van der Waals surface area contributed by atoms with Gasteiger partial charge in [0.1, 0.15) is 12.3 Å². The van der Waals surface area contributed by atoms with Gasteiger partial charge in [0.25, 0.3) is 0 Å². The van der Waals surface area contributed by atoms with E-state index in [1.165, 1.54) is 0 Å². The Morgan fingerprint density at radius 3 is 2.57 bits per heavy atom. The number of hydrogen-bond acceptors (Lipinski definition) is 5. The molecule has 2 aliphatic rings. The maximum absolute atomic E-state index is 13.3. The van der Waals surface area contributed by atoms with Crippen LogP contribution in [-0.4, -0.2) is 41.0 Å². The first-order valence-corrected chi connectivity index (χ1v) is 10.5. The van der Waals surface area contributed by atoms with Crippen LogP contribution in [0.1, 0.15) is 44.4 Å². The second-order valence-corrected chi connectivity index (χ2v) is 8.20. The second-order valence-electron chi connectivity index (χ2n) is 8.20. The molecular weight excluding hydrogens is 384 g/mol. The number of nitrogens with zero attached hydrogens (tertiary/aromatic N) is 2. The second kappa shape index (κ2) is 8.81. The van der Waals surface area contributed by atoms with Gasteiger partial charge in [-0.3, -0.25) is 9.59 Å². The molecule has 0 radical (unpaired) electrons. The smallest absolute Gasteiger partial charge is 0.242 e. The summed E-state index contributed by atoms with van der Waals surface area (Å²) in [5, 5.41) is 0. The van der Waals surface area contributed by atoms with Crippen LogP contribution in [-0.2, 0) is 22.7 Å². The number of amides is 2. The van der Waals surface area contributed by atoms with Gasteiger partial charge in [-0.1, -0.05) is 12.5 Å². The normalized spacial score (nSPS) is 15.2. The molecule has 160 valence electrons. The van der Waals surface area contributed by atoms with Crippen molar-refractivity contribution < 1.29 is 23.5 Å². The first-order chi connectivity index (χ1) is 14.5. The summed E-state index contributed by atoms with van der Waals surface area (Å²) >= 11 is 0. The van der Waals surface area contributed by atoms with Crippen LogP contribution in [0.25, 0.3) is 0 Å². The van der Waals surface area contributed by atoms with Gasteiger partial charge in [-0.2, -0.15) is 0 Å². The van der Waals surface area contributed by atoms with Crippen molar-refractivity contribution in [3.63, 3.8) is 0 Å². The van der Waals surface area contributed by atoms with Gasteiger partial charge in [-0.15, -0.1) is 0 Å². The quantitative estimate of drug-likeness (QED) is 0.663. The van der Waals surface area contributed by atoms with Crippen LogP contribution in [0.5, 0.6) is 11.5 Å². The molecular formula is C23H28N2O5. The van der Waals surface area contributed by atoms with Crippen molar-refractivity contribution in [2.45, 2.75) is 52.2 Å². The summed E-state index contributed by atoms with van der Waals surface area (Å²) in [4.78, 5) is 29.6. The molecule has 1 aromatic heterocycles. The molecule has 0 atom stereocenters. The first kappa shape index (κ1) is 20.3. The zero-order chi connectivity index (χ0) is 21.1. The number of rotatable bonds is 8. The van der Waals surface area contributed by atoms with E-state index in [-0.39, 0.29) is 37.1 Å². The van der Waals surface area contributed by atoms with E-state index >= 15 is 0 Å². The standard InChI is InChI=1S/C23H28N2O5/c1-16(2)25(23(27)18-5-3-6-18)14-22(26)24(13-19-7-4-10-28-19)12-17-8-9-20-21(11-17)30-15-29-20/h4,7-11,16,18H,3,5-6,12-15H2,1-2H3. The molecule has 0 N–H and O–H groups in total. The molecule has 4 rings (SSSR count). The van der Waals surface area contributed by atoms with Crippen LogP contribution in [0.3, 0.4) is 0 Å². The minimum Gasteiger partial charge on any atom is -0.467 e. The molecule has 0 bridgehead atoms. The van der Waals surface area contributed by atoms with Gasteiger partial charge >= 0.3 is 0 Å². The van der Waals surface area contributed by atoms with Crippen LogP contribution in [0.2, 0.25) is 0 Å². The Morgan fingerprint density at radius 2 is 1.90 bits per heavy atom. The fourth-order valence-electron chi connectivity index (χ4n) is 3.73. The van der Waals surface area contributed by atoms with Gasteiger partial charge in [0, 0.05) is 18.5 Å². The lowest BCUT2D eigenvalue weighted by molar-refractivity contribution is -0.147. The third kappa shape index (κ3) is 4.45. The van der Waals surface area contributed by atoms with E-state index in [4.69, 9.17) is 13.9 Å². The Kier molecular flexibility index (Phi) is 5.97. The van der Waals surface area contributed by atoms with Crippen molar-refractivity contribution in [2.75, 3.05) is 13.3 Å². The van der Waals surface area contributed by atoms with E-state index < -0.39 is 0 Å². The lowest BCUT2D eigenvalue weighted by atomic mass is 9.84. The van der Waals surface area contributed by atoms with E-state index in [1.54, 1.807) is 22.1 Å². The number of benzene rings is 1. The first-order valence-electron chi connectivity index (χ1n) is 10.5. The number of furan rings is 1. The summed E-state index contributed by atoms with van der Waals surface area (Å²) in [5.41, 5.74) is 0.931. The molecule has 30 heavy (non-hydrogen) atoms. The Hall–Kier alpha value is -2.96. The molecule has 7 nitrogen and oxygen atoms in total. The minimum atomic E-state index is -0.106. The Balaban J connectivity index is 1.50. The summed E-state index contributed by atoms with van der Waals surface area (Å²) in [6, 6.07) is 9.30. The number of fused-ring (bicyclic) bond motifs is 1. The van der Waals surface area contributed by atoms with Crippen molar-refractivity contribution >= 4 is 11.8 Å². The molecule has 2 aromatic rings. The molecule has 1 aliphatic heterocycles. The van der Waals surface area contributed by atoms with Crippen molar-refractivity contribution in [1.29, 1.82) is 0 Å². The molecule has 0 saturated heterocycles. The molecule has 1 aliphatic carbocycles. The molecule has 0 unspecified atom stereocenters. The number of ether oxygens (including phenoxy) is 2.